The molecule has 0 aliphatic heterocycles. The minimum Gasteiger partial charge on any atom is -0.480 e. The Bertz CT molecular complexity index is 663. The van der Waals surface area contributed by atoms with Crippen molar-refractivity contribution in [2.45, 2.75) is 33.6 Å². The number of hydrogen-bond donors (Lipinski definition) is 1. The Morgan fingerprint density at radius 1 is 1.55 bits per heavy atom. The molecule has 20 heavy (non-hydrogen) atoms. The van der Waals surface area contributed by atoms with Gasteiger partial charge in [0.05, 0.1) is 16.4 Å². The molecule has 0 radical (unpaired) electrons. The van der Waals surface area contributed by atoms with Gasteiger partial charge in [0.25, 0.3) is 0 Å². The Hall–Kier alpha value is -1.79. The number of ether oxygens (including phenoxy) is 1. The number of aromatic nitrogens is 2. The fraction of sp³-hybridized carbons (Fsp3) is 0.385. The molecule has 0 bridgehead atoms. The summed E-state index contributed by atoms with van der Waals surface area (Å²) in [6, 6.07) is 1.19. The molecule has 0 aliphatic carbocycles. The number of aliphatic hydroxyl groups is 1. The molecule has 7 heteroatoms. The molecule has 0 atom stereocenters. The van der Waals surface area contributed by atoms with Crippen molar-refractivity contribution >= 4 is 11.6 Å². The lowest BCUT2D eigenvalue weighted by Gasteiger charge is -2.07. The molecular formula is C13H15ClN2O4. The van der Waals surface area contributed by atoms with Gasteiger partial charge in [0.15, 0.2) is 0 Å². The summed E-state index contributed by atoms with van der Waals surface area (Å²) in [6.45, 7) is 4.20. The summed E-state index contributed by atoms with van der Waals surface area (Å²) in [7, 11) is 0. The first-order valence-corrected chi connectivity index (χ1v) is 6.51. The van der Waals surface area contributed by atoms with Crippen molar-refractivity contribution in [1.29, 1.82) is 0 Å². The molecule has 0 amide bonds. The molecule has 1 N–H and O–H groups in total. The van der Waals surface area contributed by atoms with E-state index in [-0.39, 0.29) is 30.2 Å². The van der Waals surface area contributed by atoms with Gasteiger partial charge in [-0.15, -0.1) is 0 Å². The van der Waals surface area contributed by atoms with Crippen LogP contribution < -0.4 is 10.2 Å². The molecule has 0 spiro atoms. The normalized spacial score (nSPS) is 10.8. The van der Waals surface area contributed by atoms with E-state index in [4.69, 9.17) is 25.9 Å². The van der Waals surface area contributed by atoms with Crippen LogP contribution in [0.4, 0.5) is 0 Å². The fourth-order valence-corrected chi connectivity index (χ4v) is 1.97. The average molecular weight is 299 g/mol. The van der Waals surface area contributed by atoms with Crippen LogP contribution in [0.25, 0.3) is 0 Å². The van der Waals surface area contributed by atoms with E-state index in [1.54, 1.807) is 4.68 Å². The van der Waals surface area contributed by atoms with E-state index in [0.717, 1.165) is 5.69 Å². The Morgan fingerprint density at radius 2 is 2.30 bits per heavy atom. The van der Waals surface area contributed by atoms with E-state index in [9.17, 15) is 4.79 Å². The maximum Gasteiger partial charge on any atom is 0.227 e. The van der Waals surface area contributed by atoms with E-state index in [1.807, 2.05) is 13.8 Å². The van der Waals surface area contributed by atoms with E-state index in [0.29, 0.717) is 17.3 Å². The third-order valence-corrected chi connectivity index (χ3v) is 3.32. The summed E-state index contributed by atoms with van der Waals surface area (Å²) in [5, 5.41) is 13.7. The largest absolute Gasteiger partial charge is 0.480 e. The van der Waals surface area contributed by atoms with Gasteiger partial charge in [0.2, 0.25) is 11.2 Å². The molecule has 2 aromatic heterocycles. The summed E-state index contributed by atoms with van der Waals surface area (Å²) >= 11 is 6.15. The highest BCUT2D eigenvalue weighted by molar-refractivity contribution is 6.31. The average Bonchev–Trinajstić information content (AvgIpc) is 2.73. The lowest BCUT2D eigenvalue weighted by Crippen LogP contribution is -2.11. The number of hydrogen-bond acceptors (Lipinski definition) is 5. The predicted molar refractivity (Wildman–Crippen MR) is 72.9 cm³/mol. The molecule has 0 unspecified atom stereocenters. The van der Waals surface area contributed by atoms with Crippen LogP contribution in [0, 0.1) is 6.92 Å². The Balaban J connectivity index is 2.19. The van der Waals surface area contributed by atoms with E-state index in [1.165, 1.54) is 12.3 Å². The molecule has 6 nitrogen and oxygen atoms in total. The monoisotopic (exact) mass is 298 g/mol. The van der Waals surface area contributed by atoms with Gasteiger partial charge in [-0.05, 0) is 13.8 Å². The van der Waals surface area contributed by atoms with Crippen molar-refractivity contribution in [3.63, 3.8) is 0 Å². The minimum absolute atomic E-state index is 0.0692. The third-order valence-electron chi connectivity index (χ3n) is 2.83. The Morgan fingerprint density at radius 3 is 2.90 bits per heavy atom. The maximum atomic E-state index is 11.7. The first-order valence-electron chi connectivity index (χ1n) is 6.14. The molecule has 0 saturated carbocycles. The van der Waals surface area contributed by atoms with Crippen LogP contribution in [0.5, 0.6) is 5.75 Å². The molecular weight excluding hydrogens is 284 g/mol. The predicted octanol–water partition coefficient (Wildman–Crippen LogP) is 1.89. The van der Waals surface area contributed by atoms with Crippen LogP contribution in [0.1, 0.15) is 24.1 Å². The Labute approximate surface area is 120 Å². The van der Waals surface area contributed by atoms with Crippen molar-refractivity contribution in [2.75, 3.05) is 0 Å². The van der Waals surface area contributed by atoms with Crippen molar-refractivity contribution in [3.8, 4) is 5.75 Å². The minimum atomic E-state index is -0.351. The number of nitrogens with zero attached hydrogens (tertiary/aromatic N) is 2. The number of aryl methyl sites for hydroxylation is 2. The molecule has 0 fully saturated rings. The van der Waals surface area contributed by atoms with Crippen LogP contribution in [0.3, 0.4) is 0 Å². The summed E-state index contributed by atoms with van der Waals surface area (Å²) in [5.74, 6) is 0.259. The van der Waals surface area contributed by atoms with Crippen LogP contribution >= 0.6 is 11.6 Å². The van der Waals surface area contributed by atoms with Gasteiger partial charge >= 0.3 is 0 Å². The highest BCUT2D eigenvalue weighted by Gasteiger charge is 2.14. The fourth-order valence-electron chi connectivity index (χ4n) is 1.78. The van der Waals surface area contributed by atoms with E-state index >= 15 is 0 Å². The smallest absolute Gasteiger partial charge is 0.227 e. The first kappa shape index (κ1) is 14.6. The quantitative estimate of drug-likeness (QED) is 0.912. The molecule has 2 heterocycles. The lowest BCUT2D eigenvalue weighted by atomic mass is 10.3. The molecule has 108 valence electrons. The summed E-state index contributed by atoms with van der Waals surface area (Å²) in [5.41, 5.74) is 1.07. The van der Waals surface area contributed by atoms with Crippen molar-refractivity contribution in [1.82, 2.24) is 9.78 Å². The van der Waals surface area contributed by atoms with Crippen LogP contribution in [-0.4, -0.2) is 14.9 Å². The van der Waals surface area contributed by atoms with Crippen molar-refractivity contribution < 1.29 is 14.3 Å². The zero-order chi connectivity index (χ0) is 14.7. The van der Waals surface area contributed by atoms with Gasteiger partial charge in [0, 0.05) is 12.6 Å². The summed E-state index contributed by atoms with van der Waals surface area (Å²) < 4.78 is 12.2. The number of halogens is 1. The van der Waals surface area contributed by atoms with Gasteiger partial charge in [-0.2, -0.15) is 5.10 Å². The third kappa shape index (κ3) is 2.86. The molecule has 2 rings (SSSR count). The number of rotatable bonds is 5. The van der Waals surface area contributed by atoms with Gasteiger partial charge in [-0.3, -0.25) is 9.48 Å². The van der Waals surface area contributed by atoms with E-state index in [2.05, 4.69) is 5.10 Å². The van der Waals surface area contributed by atoms with Gasteiger partial charge in [-0.25, -0.2) is 0 Å². The SMILES string of the molecule is CCn1nc(C)c(Cl)c1COc1coc(CO)cc1=O. The molecule has 0 aromatic carbocycles. The van der Waals surface area contributed by atoms with Crippen LogP contribution in [0.2, 0.25) is 5.02 Å². The van der Waals surface area contributed by atoms with Crippen LogP contribution in [0.15, 0.2) is 21.5 Å². The summed E-state index contributed by atoms with van der Waals surface area (Å²) in [6.07, 6.45) is 1.18. The second-order valence-corrected chi connectivity index (χ2v) is 4.56. The summed E-state index contributed by atoms with van der Waals surface area (Å²) in [4.78, 5) is 11.7. The zero-order valence-electron chi connectivity index (χ0n) is 11.2. The number of aliphatic hydroxyl groups excluding tert-OH is 1. The Kier molecular flexibility index (Phi) is 4.46. The van der Waals surface area contributed by atoms with Crippen LogP contribution in [-0.2, 0) is 19.8 Å². The van der Waals surface area contributed by atoms with Crippen molar-refractivity contribution in [2.24, 2.45) is 0 Å². The molecule has 2 aromatic rings. The van der Waals surface area contributed by atoms with Gasteiger partial charge in [-0.1, -0.05) is 11.6 Å². The van der Waals surface area contributed by atoms with Gasteiger partial charge < -0.3 is 14.3 Å². The lowest BCUT2D eigenvalue weighted by molar-refractivity contribution is 0.234. The maximum absolute atomic E-state index is 11.7. The van der Waals surface area contributed by atoms with Gasteiger partial charge in [0.1, 0.15) is 25.2 Å². The second-order valence-electron chi connectivity index (χ2n) is 4.18. The highest BCUT2D eigenvalue weighted by Crippen LogP contribution is 2.21. The first-order chi connectivity index (χ1) is 9.56. The highest BCUT2D eigenvalue weighted by atomic mass is 35.5. The molecule has 0 aliphatic rings. The second kappa shape index (κ2) is 6.11. The topological polar surface area (TPSA) is 77.5 Å². The zero-order valence-corrected chi connectivity index (χ0v) is 12.0. The molecule has 0 saturated heterocycles. The van der Waals surface area contributed by atoms with E-state index < -0.39 is 0 Å². The van der Waals surface area contributed by atoms with Crippen molar-refractivity contribution in [3.05, 3.63) is 44.7 Å². The standard InChI is InChI=1S/C13H15ClN2O4/c1-3-16-10(13(14)8(2)15-16)6-20-12-7-19-9(5-17)4-11(12)18/h4,7,17H,3,5-6H2,1-2H3.